The summed E-state index contributed by atoms with van der Waals surface area (Å²) in [5.41, 5.74) is 0. The van der Waals surface area contributed by atoms with Crippen LogP contribution in [0, 0.1) is 0 Å². The van der Waals surface area contributed by atoms with Gasteiger partial charge >= 0.3 is 0 Å². The standard InChI is InChI=1S/C18H38N2/c1-5-8-15-20(16(4)6-2)18-14-12-10-9-11-13-17(18)19-7-3/h16-19H,5-15H2,1-4H3. The fourth-order valence-corrected chi connectivity index (χ4v) is 3.65. The molecule has 1 fully saturated rings. The third kappa shape index (κ3) is 5.73. The van der Waals surface area contributed by atoms with Crippen molar-refractivity contribution in [1.29, 1.82) is 0 Å². The normalized spacial score (nSPS) is 26.2. The van der Waals surface area contributed by atoms with E-state index in [-0.39, 0.29) is 0 Å². The number of nitrogens with zero attached hydrogens (tertiary/aromatic N) is 1. The van der Waals surface area contributed by atoms with Gasteiger partial charge in [-0.25, -0.2) is 0 Å². The molecule has 3 atom stereocenters. The molecule has 0 aliphatic heterocycles. The van der Waals surface area contributed by atoms with E-state index in [9.17, 15) is 0 Å². The molecule has 0 aromatic carbocycles. The van der Waals surface area contributed by atoms with Crippen LogP contribution in [0.3, 0.4) is 0 Å². The minimum Gasteiger partial charge on any atom is -0.313 e. The lowest BCUT2D eigenvalue weighted by molar-refractivity contribution is 0.0908. The van der Waals surface area contributed by atoms with Gasteiger partial charge in [-0.05, 0) is 45.7 Å². The van der Waals surface area contributed by atoms with Crippen molar-refractivity contribution in [3.05, 3.63) is 0 Å². The Labute approximate surface area is 127 Å². The van der Waals surface area contributed by atoms with Crippen LogP contribution in [0.5, 0.6) is 0 Å². The minimum atomic E-state index is 0.714. The molecule has 0 aromatic rings. The van der Waals surface area contributed by atoms with Crippen molar-refractivity contribution in [2.24, 2.45) is 0 Å². The predicted octanol–water partition coefficient (Wildman–Crippen LogP) is 4.59. The molecule has 0 saturated heterocycles. The minimum absolute atomic E-state index is 0.714. The summed E-state index contributed by atoms with van der Waals surface area (Å²) < 4.78 is 0. The van der Waals surface area contributed by atoms with Crippen LogP contribution in [-0.4, -0.2) is 36.1 Å². The molecule has 0 bridgehead atoms. The molecular weight excluding hydrogens is 244 g/mol. The van der Waals surface area contributed by atoms with Crippen LogP contribution >= 0.6 is 0 Å². The second kappa shape index (κ2) is 10.6. The SMILES string of the molecule is CCCCN(C(C)CC)C1CCCCCCC1NCC. The average Bonchev–Trinajstić information content (AvgIpc) is 2.44. The Balaban J connectivity index is 2.77. The molecule has 1 aliphatic rings. The van der Waals surface area contributed by atoms with Gasteiger partial charge in [-0.15, -0.1) is 0 Å². The molecule has 20 heavy (non-hydrogen) atoms. The van der Waals surface area contributed by atoms with Crippen LogP contribution in [0.2, 0.25) is 0 Å². The van der Waals surface area contributed by atoms with Crippen molar-refractivity contribution < 1.29 is 0 Å². The van der Waals surface area contributed by atoms with E-state index in [1.165, 1.54) is 64.3 Å². The van der Waals surface area contributed by atoms with Crippen LogP contribution < -0.4 is 5.32 Å². The zero-order chi connectivity index (χ0) is 14.8. The lowest BCUT2D eigenvalue weighted by Gasteiger charge is -2.42. The highest BCUT2D eigenvalue weighted by atomic mass is 15.2. The zero-order valence-corrected chi connectivity index (χ0v) is 14.5. The van der Waals surface area contributed by atoms with Crippen molar-refractivity contribution in [3.63, 3.8) is 0 Å². The summed E-state index contributed by atoms with van der Waals surface area (Å²) in [7, 11) is 0. The van der Waals surface area contributed by atoms with E-state index in [1.54, 1.807) is 0 Å². The monoisotopic (exact) mass is 282 g/mol. The van der Waals surface area contributed by atoms with E-state index in [0.29, 0.717) is 6.04 Å². The first-order chi connectivity index (χ1) is 9.74. The Morgan fingerprint density at radius 3 is 2.35 bits per heavy atom. The van der Waals surface area contributed by atoms with Crippen LogP contribution in [0.4, 0.5) is 0 Å². The van der Waals surface area contributed by atoms with Crippen molar-refractivity contribution in [3.8, 4) is 0 Å². The van der Waals surface area contributed by atoms with E-state index in [0.717, 1.165) is 18.6 Å². The molecule has 0 radical (unpaired) electrons. The first-order valence-electron chi connectivity index (χ1n) is 9.23. The Bertz CT molecular complexity index is 229. The molecule has 0 spiro atoms. The average molecular weight is 283 g/mol. The third-order valence-electron chi connectivity index (χ3n) is 5.05. The van der Waals surface area contributed by atoms with E-state index in [4.69, 9.17) is 0 Å². The van der Waals surface area contributed by atoms with E-state index in [1.807, 2.05) is 0 Å². The van der Waals surface area contributed by atoms with Crippen LogP contribution in [0.15, 0.2) is 0 Å². The predicted molar refractivity (Wildman–Crippen MR) is 90.3 cm³/mol. The van der Waals surface area contributed by atoms with Gasteiger partial charge in [0.25, 0.3) is 0 Å². The van der Waals surface area contributed by atoms with Gasteiger partial charge in [-0.2, -0.15) is 0 Å². The highest BCUT2D eigenvalue weighted by molar-refractivity contribution is 4.88. The first kappa shape index (κ1) is 18.0. The third-order valence-corrected chi connectivity index (χ3v) is 5.05. The fourth-order valence-electron chi connectivity index (χ4n) is 3.65. The molecule has 1 N–H and O–H groups in total. The fraction of sp³-hybridized carbons (Fsp3) is 1.00. The molecule has 0 aromatic heterocycles. The van der Waals surface area contributed by atoms with Crippen molar-refractivity contribution in [2.45, 2.75) is 104 Å². The lowest BCUT2D eigenvalue weighted by atomic mass is 9.89. The second-order valence-electron chi connectivity index (χ2n) is 6.57. The molecule has 0 amide bonds. The summed E-state index contributed by atoms with van der Waals surface area (Å²) in [4.78, 5) is 2.84. The van der Waals surface area contributed by atoms with Crippen molar-refractivity contribution in [2.75, 3.05) is 13.1 Å². The molecule has 1 saturated carbocycles. The molecule has 2 nitrogen and oxygen atoms in total. The molecule has 0 heterocycles. The molecule has 2 heteroatoms. The maximum Gasteiger partial charge on any atom is 0.0252 e. The van der Waals surface area contributed by atoms with Gasteiger partial charge in [-0.3, -0.25) is 4.90 Å². The van der Waals surface area contributed by atoms with Crippen LogP contribution in [0.1, 0.15) is 85.5 Å². The quantitative estimate of drug-likeness (QED) is 0.700. The van der Waals surface area contributed by atoms with Gasteiger partial charge in [0.05, 0.1) is 0 Å². The van der Waals surface area contributed by atoms with Crippen molar-refractivity contribution >= 4 is 0 Å². The summed E-state index contributed by atoms with van der Waals surface area (Å²) in [5, 5.41) is 3.80. The largest absolute Gasteiger partial charge is 0.313 e. The van der Waals surface area contributed by atoms with Gasteiger partial charge in [0.2, 0.25) is 0 Å². The van der Waals surface area contributed by atoms with Crippen molar-refractivity contribution in [1.82, 2.24) is 10.2 Å². The zero-order valence-electron chi connectivity index (χ0n) is 14.5. The van der Waals surface area contributed by atoms with Crippen LogP contribution in [0.25, 0.3) is 0 Å². The van der Waals surface area contributed by atoms with Gasteiger partial charge in [0.1, 0.15) is 0 Å². The summed E-state index contributed by atoms with van der Waals surface area (Å²) in [6.07, 6.45) is 12.4. The summed E-state index contributed by atoms with van der Waals surface area (Å²) in [6.45, 7) is 11.7. The maximum absolute atomic E-state index is 3.80. The number of hydrogen-bond acceptors (Lipinski definition) is 2. The smallest absolute Gasteiger partial charge is 0.0252 e. The highest BCUT2D eigenvalue weighted by Gasteiger charge is 2.29. The lowest BCUT2D eigenvalue weighted by Crippen LogP contribution is -2.53. The second-order valence-corrected chi connectivity index (χ2v) is 6.57. The first-order valence-corrected chi connectivity index (χ1v) is 9.23. The molecule has 1 aliphatic carbocycles. The van der Waals surface area contributed by atoms with Gasteiger partial charge < -0.3 is 5.32 Å². The number of hydrogen-bond donors (Lipinski definition) is 1. The van der Waals surface area contributed by atoms with Gasteiger partial charge in [0.15, 0.2) is 0 Å². The number of likely N-dealkylation sites (N-methyl/N-ethyl adjacent to an activating group) is 1. The van der Waals surface area contributed by atoms with Gasteiger partial charge in [-0.1, -0.05) is 52.9 Å². The number of unbranched alkanes of at least 4 members (excludes halogenated alkanes) is 1. The number of nitrogens with one attached hydrogen (secondary N) is 1. The Kier molecular flexibility index (Phi) is 9.54. The molecule has 120 valence electrons. The Hall–Kier alpha value is -0.0800. The molecular formula is C18H38N2. The van der Waals surface area contributed by atoms with E-state index in [2.05, 4.69) is 37.9 Å². The van der Waals surface area contributed by atoms with Gasteiger partial charge in [0, 0.05) is 18.1 Å². The van der Waals surface area contributed by atoms with E-state index < -0.39 is 0 Å². The maximum atomic E-state index is 3.80. The van der Waals surface area contributed by atoms with Crippen LogP contribution in [-0.2, 0) is 0 Å². The topological polar surface area (TPSA) is 15.3 Å². The van der Waals surface area contributed by atoms with E-state index >= 15 is 0 Å². The summed E-state index contributed by atoms with van der Waals surface area (Å²) in [5.74, 6) is 0. The molecule has 3 unspecified atom stereocenters. The Morgan fingerprint density at radius 2 is 1.75 bits per heavy atom. The summed E-state index contributed by atoms with van der Waals surface area (Å²) in [6, 6.07) is 2.20. The Morgan fingerprint density at radius 1 is 1.05 bits per heavy atom. The highest BCUT2D eigenvalue weighted by Crippen LogP contribution is 2.25. The number of rotatable bonds is 8. The molecule has 1 rings (SSSR count). The summed E-state index contributed by atoms with van der Waals surface area (Å²) >= 11 is 0.